The number of nitrogens with zero attached hydrogens (tertiary/aromatic N) is 1. The number of pyridine rings is 1. The second-order valence-electron chi connectivity index (χ2n) is 4.25. The highest BCUT2D eigenvalue weighted by atomic mass is 16.6. The van der Waals surface area contributed by atoms with Crippen LogP contribution < -0.4 is 10.5 Å². The summed E-state index contributed by atoms with van der Waals surface area (Å²) < 4.78 is 21.1. The van der Waals surface area contributed by atoms with E-state index >= 15 is 0 Å². The highest BCUT2D eigenvalue weighted by Gasteiger charge is 2.08. The van der Waals surface area contributed by atoms with E-state index in [1.165, 1.54) is 0 Å². The number of methoxy groups -OCH3 is 1. The minimum atomic E-state index is -0.103. The lowest BCUT2D eigenvalue weighted by Crippen LogP contribution is -2.14. The van der Waals surface area contributed by atoms with Crippen molar-refractivity contribution in [3.63, 3.8) is 0 Å². The molecule has 1 heterocycles. The van der Waals surface area contributed by atoms with E-state index in [1.54, 1.807) is 13.3 Å². The van der Waals surface area contributed by atoms with Gasteiger partial charge in [-0.05, 0) is 13.0 Å². The summed E-state index contributed by atoms with van der Waals surface area (Å²) >= 11 is 0. The highest BCUT2D eigenvalue weighted by molar-refractivity contribution is 5.27. The lowest BCUT2D eigenvalue weighted by atomic mass is 10.1. The van der Waals surface area contributed by atoms with Gasteiger partial charge in [0.2, 0.25) is 5.88 Å². The molecular weight excluding hydrogens is 260 g/mol. The van der Waals surface area contributed by atoms with Crippen molar-refractivity contribution in [2.75, 3.05) is 46.8 Å². The lowest BCUT2D eigenvalue weighted by molar-refractivity contribution is 0.0175. The molecule has 0 aliphatic rings. The molecule has 2 N–H and O–H groups in total. The molecule has 6 nitrogen and oxygen atoms in total. The van der Waals surface area contributed by atoms with Crippen LogP contribution in [-0.4, -0.2) is 51.7 Å². The number of hydrogen-bond acceptors (Lipinski definition) is 6. The molecule has 1 atom stereocenters. The van der Waals surface area contributed by atoms with Crippen LogP contribution in [0.15, 0.2) is 18.3 Å². The third kappa shape index (κ3) is 6.81. The minimum Gasteiger partial charge on any atom is -0.475 e. The average Bonchev–Trinajstić information content (AvgIpc) is 2.46. The third-order valence-corrected chi connectivity index (χ3v) is 2.56. The zero-order valence-electron chi connectivity index (χ0n) is 12.2. The van der Waals surface area contributed by atoms with Crippen molar-refractivity contribution in [2.45, 2.75) is 13.0 Å². The molecule has 1 aromatic heterocycles. The van der Waals surface area contributed by atoms with E-state index in [0.29, 0.717) is 45.5 Å². The number of aromatic nitrogens is 1. The Morgan fingerprint density at radius 1 is 1.10 bits per heavy atom. The van der Waals surface area contributed by atoms with E-state index in [-0.39, 0.29) is 6.04 Å². The minimum absolute atomic E-state index is 0.103. The Morgan fingerprint density at radius 2 is 1.75 bits per heavy atom. The Hall–Kier alpha value is -1.21. The fraction of sp³-hybridized carbons (Fsp3) is 0.643. The van der Waals surface area contributed by atoms with Crippen LogP contribution in [0.1, 0.15) is 18.5 Å². The Kier molecular flexibility index (Phi) is 8.90. The summed E-state index contributed by atoms with van der Waals surface area (Å²) in [6.07, 6.45) is 1.69. The zero-order valence-corrected chi connectivity index (χ0v) is 12.2. The lowest BCUT2D eigenvalue weighted by Gasteiger charge is -2.12. The molecule has 0 radical (unpaired) electrons. The summed E-state index contributed by atoms with van der Waals surface area (Å²) in [6.45, 7) is 5.10. The summed E-state index contributed by atoms with van der Waals surface area (Å²) in [5, 5.41) is 0. The van der Waals surface area contributed by atoms with Crippen molar-refractivity contribution in [1.82, 2.24) is 4.98 Å². The van der Waals surface area contributed by atoms with Gasteiger partial charge in [-0.1, -0.05) is 6.07 Å². The molecule has 0 aromatic carbocycles. The number of rotatable bonds is 11. The Balaban J connectivity index is 2.10. The van der Waals surface area contributed by atoms with Crippen molar-refractivity contribution in [3.8, 4) is 5.88 Å². The Labute approximate surface area is 120 Å². The highest BCUT2D eigenvalue weighted by Crippen LogP contribution is 2.19. The first-order chi connectivity index (χ1) is 9.75. The van der Waals surface area contributed by atoms with E-state index in [9.17, 15) is 0 Å². The van der Waals surface area contributed by atoms with Gasteiger partial charge in [0.05, 0.1) is 33.0 Å². The predicted molar refractivity (Wildman–Crippen MR) is 75.8 cm³/mol. The molecule has 0 fully saturated rings. The smallest absolute Gasteiger partial charge is 0.218 e. The number of hydrogen-bond donors (Lipinski definition) is 1. The average molecular weight is 284 g/mol. The molecule has 0 aliphatic heterocycles. The van der Waals surface area contributed by atoms with Gasteiger partial charge in [-0.3, -0.25) is 0 Å². The van der Waals surface area contributed by atoms with Gasteiger partial charge in [0.25, 0.3) is 0 Å². The first-order valence-electron chi connectivity index (χ1n) is 6.73. The van der Waals surface area contributed by atoms with Gasteiger partial charge >= 0.3 is 0 Å². The number of ether oxygens (including phenoxy) is 4. The monoisotopic (exact) mass is 284 g/mol. The van der Waals surface area contributed by atoms with Crippen molar-refractivity contribution in [1.29, 1.82) is 0 Å². The zero-order chi connectivity index (χ0) is 14.6. The maximum atomic E-state index is 5.85. The molecule has 0 saturated carbocycles. The Morgan fingerprint density at radius 3 is 2.40 bits per heavy atom. The fourth-order valence-corrected chi connectivity index (χ4v) is 1.53. The van der Waals surface area contributed by atoms with Crippen LogP contribution in [0.5, 0.6) is 5.88 Å². The molecule has 0 unspecified atom stereocenters. The van der Waals surface area contributed by atoms with Gasteiger partial charge in [0.15, 0.2) is 0 Å². The summed E-state index contributed by atoms with van der Waals surface area (Å²) in [7, 11) is 1.64. The van der Waals surface area contributed by atoms with Gasteiger partial charge in [0, 0.05) is 24.9 Å². The summed E-state index contributed by atoms with van der Waals surface area (Å²) in [5.74, 6) is 0.572. The standard InChI is InChI=1S/C14H24N2O4/c1-12(15)13-4-3-5-16-14(13)20-11-10-19-9-8-18-7-6-17-2/h3-5,12H,6-11,15H2,1-2H3/t12-/m0/s1. The third-order valence-electron chi connectivity index (χ3n) is 2.56. The van der Waals surface area contributed by atoms with Crippen LogP contribution in [-0.2, 0) is 14.2 Å². The molecule has 0 amide bonds. The van der Waals surface area contributed by atoms with Gasteiger partial charge in [-0.25, -0.2) is 4.98 Å². The van der Waals surface area contributed by atoms with Gasteiger partial charge < -0.3 is 24.7 Å². The fourth-order valence-electron chi connectivity index (χ4n) is 1.53. The summed E-state index contributed by atoms with van der Waals surface area (Å²) in [4.78, 5) is 4.17. The van der Waals surface area contributed by atoms with E-state index in [2.05, 4.69) is 4.98 Å². The van der Waals surface area contributed by atoms with E-state index in [1.807, 2.05) is 19.1 Å². The van der Waals surface area contributed by atoms with Crippen molar-refractivity contribution in [2.24, 2.45) is 5.73 Å². The first kappa shape index (κ1) is 16.8. The molecule has 114 valence electrons. The Bertz CT molecular complexity index is 361. The van der Waals surface area contributed by atoms with Crippen LogP contribution in [0.2, 0.25) is 0 Å². The van der Waals surface area contributed by atoms with Gasteiger partial charge in [-0.2, -0.15) is 0 Å². The van der Waals surface area contributed by atoms with Crippen LogP contribution in [0.4, 0.5) is 0 Å². The topological polar surface area (TPSA) is 75.8 Å². The second kappa shape index (κ2) is 10.6. The molecule has 0 aliphatic carbocycles. The van der Waals surface area contributed by atoms with Gasteiger partial charge in [-0.15, -0.1) is 0 Å². The molecule has 0 spiro atoms. The predicted octanol–water partition coefficient (Wildman–Crippen LogP) is 1.16. The summed E-state index contributed by atoms with van der Waals surface area (Å²) in [5.41, 5.74) is 6.74. The summed E-state index contributed by atoms with van der Waals surface area (Å²) in [6, 6.07) is 3.66. The van der Waals surface area contributed by atoms with Crippen LogP contribution in [0.3, 0.4) is 0 Å². The second-order valence-corrected chi connectivity index (χ2v) is 4.25. The first-order valence-corrected chi connectivity index (χ1v) is 6.73. The van der Waals surface area contributed by atoms with E-state index in [0.717, 1.165) is 5.56 Å². The molecule has 6 heteroatoms. The maximum Gasteiger partial charge on any atom is 0.218 e. The SMILES string of the molecule is COCCOCCOCCOc1ncccc1[C@H](C)N. The maximum absolute atomic E-state index is 5.85. The van der Waals surface area contributed by atoms with Crippen LogP contribution in [0.25, 0.3) is 0 Å². The molecular formula is C14H24N2O4. The molecule has 0 bridgehead atoms. The largest absolute Gasteiger partial charge is 0.475 e. The number of nitrogens with two attached hydrogens (primary N) is 1. The van der Waals surface area contributed by atoms with E-state index in [4.69, 9.17) is 24.7 Å². The van der Waals surface area contributed by atoms with Crippen molar-refractivity contribution in [3.05, 3.63) is 23.9 Å². The van der Waals surface area contributed by atoms with E-state index < -0.39 is 0 Å². The van der Waals surface area contributed by atoms with Crippen molar-refractivity contribution >= 4 is 0 Å². The molecule has 1 aromatic rings. The molecule has 0 saturated heterocycles. The normalized spacial score (nSPS) is 12.3. The molecule has 1 rings (SSSR count). The van der Waals surface area contributed by atoms with Gasteiger partial charge in [0.1, 0.15) is 6.61 Å². The van der Waals surface area contributed by atoms with Crippen LogP contribution in [0, 0.1) is 0 Å². The molecule has 20 heavy (non-hydrogen) atoms. The quantitative estimate of drug-likeness (QED) is 0.615. The van der Waals surface area contributed by atoms with Crippen molar-refractivity contribution < 1.29 is 18.9 Å². The van der Waals surface area contributed by atoms with Crippen LogP contribution >= 0.6 is 0 Å².